The molecule has 1 saturated heterocycles. The zero-order chi connectivity index (χ0) is 25.3. The minimum atomic E-state index is -0.653. The number of ether oxygens (including phenoxy) is 2. The number of hydrogen-bond donors (Lipinski definition) is 2. The van der Waals surface area contributed by atoms with Crippen LogP contribution in [0.4, 0.5) is 21.0 Å². The van der Waals surface area contributed by atoms with Gasteiger partial charge in [-0.25, -0.2) is 13.9 Å². The maximum Gasteiger partial charge on any atom is 0.329 e. The standard InChI is InChI=1S/C27H30N4O4S/c28-26(32)31(36)22-8-7-11-25(20-22)34-19-6-2-5-16-29-17-18-30(27(29)33)21-12-14-24(15-13-21)35-23-9-3-1-4-10-23/h1,3-4,7-15,20,36H,2,5-6,16-19H2,(H2,28,32). The number of amides is 4. The van der Waals surface area contributed by atoms with Gasteiger partial charge in [0.05, 0.1) is 12.3 Å². The Labute approximate surface area is 216 Å². The fourth-order valence-electron chi connectivity index (χ4n) is 3.95. The van der Waals surface area contributed by atoms with E-state index in [2.05, 4.69) is 12.8 Å². The van der Waals surface area contributed by atoms with Gasteiger partial charge in [-0.05, 0) is 67.8 Å². The molecule has 4 amide bonds. The molecule has 9 heteroatoms. The van der Waals surface area contributed by atoms with Crippen LogP contribution >= 0.6 is 12.8 Å². The molecule has 1 heterocycles. The lowest BCUT2D eigenvalue weighted by Gasteiger charge is -2.19. The van der Waals surface area contributed by atoms with Crippen molar-refractivity contribution < 1.29 is 19.1 Å². The molecule has 0 radical (unpaired) electrons. The molecule has 1 aliphatic rings. The number of nitrogens with two attached hydrogens (primary N) is 1. The van der Waals surface area contributed by atoms with E-state index in [-0.39, 0.29) is 6.03 Å². The highest BCUT2D eigenvalue weighted by molar-refractivity contribution is 7.82. The van der Waals surface area contributed by atoms with E-state index in [1.165, 1.54) is 0 Å². The molecule has 3 aromatic carbocycles. The van der Waals surface area contributed by atoms with Crippen LogP contribution in [0.2, 0.25) is 0 Å². The fourth-order valence-corrected chi connectivity index (χ4v) is 4.08. The number of hydrogen-bond acceptors (Lipinski definition) is 5. The van der Waals surface area contributed by atoms with Gasteiger partial charge >= 0.3 is 12.1 Å². The van der Waals surface area contributed by atoms with Crippen LogP contribution in [0.5, 0.6) is 17.2 Å². The Hall–Kier alpha value is -3.85. The molecule has 3 aromatic rings. The molecule has 0 bridgehead atoms. The van der Waals surface area contributed by atoms with E-state index in [0.29, 0.717) is 37.7 Å². The van der Waals surface area contributed by atoms with Crippen LogP contribution in [-0.4, -0.2) is 43.2 Å². The van der Waals surface area contributed by atoms with Crippen molar-refractivity contribution >= 4 is 36.3 Å². The number of urea groups is 2. The monoisotopic (exact) mass is 506 g/mol. The van der Waals surface area contributed by atoms with Crippen molar-refractivity contribution in [3.05, 3.63) is 78.9 Å². The molecule has 4 rings (SSSR count). The lowest BCUT2D eigenvalue weighted by molar-refractivity contribution is 0.219. The minimum Gasteiger partial charge on any atom is -0.494 e. The zero-order valence-electron chi connectivity index (χ0n) is 20.0. The van der Waals surface area contributed by atoms with Crippen LogP contribution in [0.1, 0.15) is 19.3 Å². The SMILES string of the molecule is NC(=O)N(S)c1cccc(OCCCCCN2CCN(c3ccc(Oc4ccccc4)cc3)C2=O)c1. The fraction of sp³-hybridized carbons (Fsp3) is 0.259. The minimum absolute atomic E-state index is 0.0329. The maximum atomic E-state index is 12.9. The Morgan fingerprint density at radius 1 is 0.889 bits per heavy atom. The number of primary amides is 1. The number of anilines is 2. The third kappa shape index (κ3) is 6.63. The molecule has 0 spiro atoms. The Balaban J connectivity index is 1.17. The van der Waals surface area contributed by atoms with E-state index in [1.807, 2.05) is 65.6 Å². The maximum absolute atomic E-state index is 12.9. The first-order valence-electron chi connectivity index (χ1n) is 11.9. The zero-order valence-corrected chi connectivity index (χ0v) is 20.8. The molecule has 1 aliphatic heterocycles. The third-order valence-electron chi connectivity index (χ3n) is 5.83. The highest BCUT2D eigenvalue weighted by Gasteiger charge is 2.28. The molecule has 2 N–H and O–H groups in total. The van der Waals surface area contributed by atoms with Crippen molar-refractivity contribution in [1.82, 2.24) is 4.90 Å². The third-order valence-corrected chi connectivity index (χ3v) is 6.26. The molecular weight excluding hydrogens is 476 g/mol. The Morgan fingerprint density at radius 2 is 1.61 bits per heavy atom. The highest BCUT2D eigenvalue weighted by atomic mass is 32.1. The van der Waals surface area contributed by atoms with Gasteiger partial charge in [-0.3, -0.25) is 4.90 Å². The van der Waals surface area contributed by atoms with E-state index in [4.69, 9.17) is 15.2 Å². The van der Waals surface area contributed by atoms with Crippen LogP contribution < -0.4 is 24.4 Å². The summed E-state index contributed by atoms with van der Waals surface area (Å²) in [6.07, 6.45) is 2.70. The topological polar surface area (TPSA) is 88.3 Å². The second kappa shape index (κ2) is 12.2. The summed E-state index contributed by atoms with van der Waals surface area (Å²) in [7, 11) is 0. The Bertz CT molecular complexity index is 1160. The summed E-state index contributed by atoms with van der Waals surface area (Å²) in [6, 6.07) is 23.7. The first kappa shape index (κ1) is 25.2. The van der Waals surface area contributed by atoms with Crippen molar-refractivity contribution in [2.24, 2.45) is 5.73 Å². The van der Waals surface area contributed by atoms with E-state index >= 15 is 0 Å². The van der Waals surface area contributed by atoms with E-state index in [1.54, 1.807) is 23.1 Å². The summed E-state index contributed by atoms with van der Waals surface area (Å²) in [5.74, 6) is 2.16. The first-order chi connectivity index (χ1) is 17.5. The van der Waals surface area contributed by atoms with Crippen molar-refractivity contribution in [1.29, 1.82) is 0 Å². The lowest BCUT2D eigenvalue weighted by atomic mass is 10.2. The molecule has 8 nitrogen and oxygen atoms in total. The molecule has 36 heavy (non-hydrogen) atoms. The van der Waals surface area contributed by atoms with Gasteiger partial charge in [0.15, 0.2) is 0 Å². The second-order valence-electron chi connectivity index (χ2n) is 8.39. The number of unbranched alkanes of at least 4 members (excludes halogenated alkanes) is 2. The molecule has 0 aromatic heterocycles. The second-order valence-corrected chi connectivity index (χ2v) is 8.79. The largest absolute Gasteiger partial charge is 0.494 e. The van der Waals surface area contributed by atoms with Crippen molar-refractivity contribution in [3.8, 4) is 17.2 Å². The van der Waals surface area contributed by atoms with Gasteiger partial charge in [-0.1, -0.05) is 37.1 Å². The van der Waals surface area contributed by atoms with Crippen molar-refractivity contribution in [3.63, 3.8) is 0 Å². The number of thiol groups is 1. The molecule has 0 unspecified atom stereocenters. The quantitative estimate of drug-likeness (QED) is 0.258. The van der Waals surface area contributed by atoms with Gasteiger partial charge in [0.25, 0.3) is 0 Å². The van der Waals surface area contributed by atoms with Crippen LogP contribution in [0.3, 0.4) is 0 Å². The summed E-state index contributed by atoms with van der Waals surface area (Å²) < 4.78 is 12.7. The van der Waals surface area contributed by atoms with Gasteiger partial charge in [-0.15, -0.1) is 0 Å². The summed E-state index contributed by atoms with van der Waals surface area (Å²) in [5, 5.41) is 0. The average Bonchev–Trinajstić information content (AvgIpc) is 3.26. The van der Waals surface area contributed by atoms with E-state index in [0.717, 1.165) is 40.8 Å². The van der Waals surface area contributed by atoms with Crippen LogP contribution in [-0.2, 0) is 0 Å². The number of rotatable bonds is 11. The number of benzene rings is 3. The molecular formula is C27H30N4O4S. The molecule has 0 saturated carbocycles. The van der Waals surface area contributed by atoms with E-state index in [9.17, 15) is 9.59 Å². The normalized spacial score (nSPS) is 13.1. The number of carbonyl (C=O) groups is 2. The van der Waals surface area contributed by atoms with Crippen molar-refractivity contribution in [2.45, 2.75) is 19.3 Å². The van der Waals surface area contributed by atoms with Crippen LogP contribution in [0.15, 0.2) is 78.9 Å². The van der Waals surface area contributed by atoms with Gasteiger partial charge in [-0.2, -0.15) is 0 Å². The van der Waals surface area contributed by atoms with Gasteiger partial charge in [0.1, 0.15) is 17.2 Å². The smallest absolute Gasteiger partial charge is 0.329 e. The Kier molecular flexibility index (Phi) is 8.57. The first-order valence-corrected chi connectivity index (χ1v) is 12.3. The average molecular weight is 507 g/mol. The van der Waals surface area contributed by atoms with Crippen molar-refractivity contribution in [2.75, 3.05) is 35.4 Å². The summed E-state index contributed by atoms with van der Waals surface area (Å²) in [4.78, 5) is 27.8. The molecule has 0 aliphatic carbocycles. The van der Waals surface area contributed by atoms with Gasteiger partial charge in [0.2, 0.25) is 0 Å². The number of para-hydroxylation sites is 1. The van der Waals surface area contributed by atoms with E-state index < -0.39 is 6.03 Å². The van der Waals surface area contributed by atoms with Gasteiger partial charge in [0, 0.05) is 31.4 Å². The predicted molar refractivity (Wildman–Crippen MR) is 144 cm³/mol. The molecule has 0 atom stereocenters. The number of carbonyl (C=O) groups excluding carboxylic acids is 2. The highest BCUT2D eigenvalue weighted by Crippen LogP contribution is 2.27. The summed E-state index contributed by atoms with van der Waals surface area (Å²) in [6.45, 7) is 2.65. The number of nitrogens with zero attached hydrogens (tertiary/aromatic N) is 3. The molecule has 188 valence electrons. The van der Waals surface area contributed by atoms with Crippen LogP contribution in [0.25, 0.3) is 0 Å². The summed E-state index contributed by atoms with van der Waals surface area (Å²) >= 11 is 4.06. The van der Waals surface area contributed by atoms with Crippen LogP contribution in [0, 0.1) is 0 Å². The summed E-state index contributed by atoms with van der Waals surface area (Å²) in [5.41, 5.74) is 6.67. The lowest BCUT2D eigenvalue weighted by Crippen LogP contribution is -2.32. The predicted octanol–water partition coefficient (Wildman–Crippen LogP) is 5.70. The van der Waals surface area contributed by atoms with Gasteiger partial charge < -0.3 is 20.1 Å². The Morgan fingerprint density at radius 3 is 2.36 bits per heavy atom. The molecule has 1 fully saturated rings.